The van der Waals surface area contributed by atoms with Gasteiger partial charge in [-0.1, -0.05) is 0 Å². The molecule has 6 nitrogen and oxygen atoms in total. The topological polar surface area (TPSA) is 72.9 Å². The van der Waals surface area contributed by atoms with Gasteiger partial charge in [-0.3, -0.25) is 0 Å². The van der Waals surface area contributed by atoms with E-state index >= 15 is 0 Å². The van der Waals surface area contributed by atoms with Gasteiger partial charge in [-0.2, -0.15) is 17.4 Å². The highest BCUT2D eigenvalue weighted by Crippen LogP contribution is 2.19. The Labute approximate surface area is 109 Å². The molecule has 106 valence electrons. The quantitative estimate of drug-likeness (QED) is 0.708. The van der Waals surface area contributed by atoms with E-state index in [1.807, 2.05) is 7.05 Å². The largest absolute Gasteiger partial charge is 0.396 e. The van der Waals surface area contributed by atoms with Crippen LogP contribution in [0.2, 0.25) is 0 Å². The second-order valence-electron chi connectivity index (χ2n) is 5.42. The number of likely N-dealkylation sites (N-methyl/N-ethyl adjacent to an activating group) is 1. The molecular formula is C11H23N3O3S. The van der Waals surface area contributed by atoms with E-state index in [2.05, 4.69) is 9.62 Å². The standard InChI is InChI=1S/C11H23N3O3S/c1-13-6-4-11(8-13)12-18(16,17)14-5-2-3-10(7-14)9-15/h10-12,15H,2-9H2,1H3. The average Bonchev–Trinajstić information content (AvgIpc) is 2.74. The summed E-state index contributed by atoms with van der Waals surface area (Å²) in [7, 11) is -1.39. The number of nitrogens with one attached hydrogen (secondary N) is 1. The summed E-state index contributed by atoms with van der Waals surface area (Å²) in [6.07, 6.45) is 2.61. The maximum absolute atomic E-state index is 12.2. The van der Waals surface area contributed by atoms with Gasteiger partial charge in [-0.05, 0) is 38.8 Å². The summed E-state index contributed by atoms with van der Waals surface area (Å²) in [6, 6.07) is 0.0227. The van der Waals surface area contributed by atoms with Crippen LogP contribution in [0.3, 0.4) is 0 Å². The molecule has 2 aliphatic rings. The van der Waals surface area contributed by atoms with Crippen molar-refractivity contribution in [3.05, 3.63) is 0 Å². The lowest BCUT2D eigenvalue weighted by atomic mass is 10.0. The molecule has 2 heterocycles. The molecule has 0 aromatic rings. The first-order valence-corrected chi connectivity index (χ1v) is 8.02. The average molecular weight is 277 g/mol. The molecule has 0 bridgehead atoms. The molecule has 2 N–H and O–H groups in total. The van der Waals surface area contributed by atoms with E-state index < -0.39 is 10.2 Å². The number of hydrogen-bond donors (Lipinski definition) is 2. The molecule has 0 aliphatic carbocycles. The third-order valence-electron chi connectivity index (χ3n) is 3.79. The number of likely N-dealkylation sites (tertiary alicyclic amines) is 1. The van der Waals surface area contributed by atoms with Gasteiger partial charge in [-0.25, -0.2) is 0 Å². The van der Waals surface area contributed by atoms with Crippen molar-refractivity contribution in [2.24, 2.45) is 5.92 Å². The number of rotatable bonds is 4. The van der Waals surface area contributed by atoms with E-state index in [1.54, 1.807) is 0 Å². The molecule has 0 amide bonds. The Morgan fingerprint density at radius 1 is 1.28 bits per heavy atom. The Balaban J connectivity index is 1.93. The van der Waals surface area contributed by atoms with Crippen LogP contribution in [0.15, 0.2) is 0 Å². The van der Waals surface area contributed by atoms with E-state index in [9.17, 15) is 8.42 Å². The predicted molar refractivity (Wildman–Crippen MR) is 69.3 cm³/mol. The maximum atomic E-state index is 12.2. The minimum absolute atomic E-state index is 0.0227. The van der Waals surface area contributed by atoms with Crippen LogP contribution in [0.4, 0.5) is 0 Å². The normalized spacial score (nSPS) is 31.9. The molecule has 2 saturated heterocycles. The van der Waals surface area contributed by atoms with Crippen molar-refractivity contribution < 1.29 is 13.5 Å². The number of piperidine rings is 1. The first-order valence-electron chi connectivity index (χ1n) is 6.58. The van der Waals surface area contributed by atoms with Gasteiger partial charge in [-0.15, -0.1) is 0 Å². The molecular weight excluding hydrogens is 254 g/mol. The van der Waals surface area contributed by atoms with Crippen LogP contribution in [-0.2, 0) is 10.2 Å². The zero-order chi connectivity index (χ0) is 13.2. The Hall–Kier alpha value is -0.210. The van der Waals surface area contributed by atoms with E-state index in [0.717, 1.165) is 32.4 Å². The van der Waals surface area contributed by atoms with Crippen molar-refractivity contribution in [2.45, 2.75) is 25.3 Å². The fourth-order valence-corrected chi connectivity index (χ4v) is 4.25. The Morgan fingerprint density at radius 2 is 2.06 bits per heavy atom. The molecule has 2 aliphatic heterocycles. The molecule has 2 unspecified atom stereocenters. The highest BCUT2D eigenvalue weighted by atomic mass is 32.2. The monoisotopic (exact) mass is 277 g/mol. The number of hydrogen-bond acceptors (Lipinski definition) is 4. The smallest absolute Gasteiger partial charge is 0.279 e. The molecule has 18 heavy (non-hydrogen) atoms. The highest BCUT2D eigenvalue weighted by Gasteiger charge is 2.31. The van der Waals surface area contributed by atoms with Crippen molar-refractivity contribution in [3.8, 4) is 0 Å². The van der Waals surface area contributed by atoms with Gasteiger partial charge in [0.2, 0.25) is 0 Å². The minimum atomic E-state index is -3.39. The zero-order valence-electron chi connectivity index (χ0n) is 10.9. The molecule has 2 fully saturated rings. The Kier molecular flexibility index (Phi) is 4.60. The van der Waals surface area contributed by atoms with Gasteiger partial charge in [0, 0.05) is 32.3 Å². The lowest BCUT2D eigenvalue weighted by Crippen LogP contribution is -2.49. The van der Waals surface area contributed by atoms with E-state index in [-0.39, 0.29) is 18.6 Å². The van der Waals surface area contributed by atoms with Crippen LogP contribution in [0.1, 0.15) is 19.3 Å². The van der Waals surface area contributed by atoms with Gasteiger partial charge in [0.1, 0.15) is 0 Å². The summed E-state index contributed by atoms with van der Waals surface area (Å²) in [5.41, 5.74) is 0. The van der Waals surface area contributed by atoms with Crippen molar-refractivity contribution in [3.63, 3.8) is 0 Å². The molecule has 2 rings (SSSR count). The molecule has 0 aromatic carbocycles. The molecule has 2 atom stereocenters. The lowest BCUT2D eigenvalue weighted by molar-refractivity contribution is 0.164. The first-order chi connectivity index (χ1) is 8.51. The predicted octanol–water partition coefficient (Wildman–Crippen LogP) is -0.771. The molecule has 0 saturated carbocycles. The highest BCUT2D eigenvalue weighted by molar-refractivity contribution is 7.87. The Morgan fingerprint density at radius 3 is 2.67 bits per heavy atom. The van der Waals surface area contributed by atoms with Gasteiger partial charge >= 0.3 is 0 Å². The summed E-state index contributed by atoms with van der Waals surface area (Å²) in [5.74, 6) is 0.0848. The van der Waals surface area contributed by atoms with Gasteiger partial charge < -0.3 is 10.0 Å². The van der Waals surface area contributed by atoms with Crippen molar-refractivity contribution >= 4 is 10.2 Å². The van der Waals surface area contributed by atoms with Crippen LogP contribution in [0, 0.1) is 5.92 Å². The SMILES string of the molecule is CN1CCC(NS(=O)(=O)N2CCCC(CO)C2)C1. The van der Waals surface area contributed by atoms with Crippen molar-refractivity contribution in [1.29, 1.82) is 0 Å². The zero-order valence-corrected chi connectivity index (χ0v) is 11.7. The van der Waals surface area contributed by atoms with Crippen LogP contribution < -0.4 is 4.72 Å². The molecule has 0 aromatic heterocycles. The summed E-state index contributed by atoms with van der Waals surface area (Å²) >= 11 is 0. The number of aliphatic hydroxyl groups is 1. The van der Waals surface area contributed by atoms with Gasteiger partial charge in [0.15, 0.2) is 0 Å². The number of nitrogens with zero attached hydrogens (tertiary/aromatic N) is 2. The van der Waals surface area contributed by atoms with Gasteiger partial charge in [0.05, 0.1) is 0 Å². The molecule has 7 heteroatoms. The minimum Gasteiger partial charge on any atom is -0.396 e. The third-order valence-corrected chi connectivity index (χ3v) is 5.43. The second-order valence-corrected chi connectivity index (χ2v) is 7.12. The summed E-state index contributed by atoms with van der Waals surface area (Å²) in [4.78, 5) is 2.12. The van der Waals surface area contributed by atoms with Crippen LogP contribution >= 0.6 is 0 Å². The summed E-state index contributed by atoms with van der Waals surface area (Å²) in [5, 5.41) is 9.14. The maximum Gasteiger partial charge on any atom is 0.279 e. The van der Waals surface area contributed by atoms with E-state index in [1.165, 1.54) is 4.31 Å². The van der Waals surface area contributed by atoms with E-state index in [0.29, 0.717) is 13.1 Å². The van der Waals surface area contributed by atoms with E-state index in [4.69, 9.17) is 5.11 Å². The second kappa shape index (κ2) is 5.83. The van der Waals surface area contributed by atoms with Gasteiger partial charge in [0.25, 0.3) is 10.2 Å². The third kappa shape index (κ3) is 3.42. The lowest BCUT2D eigenvalue weighted by Gasteiger charge is -2.31. The summed E-state index contributed by atoms with van der Waals surface area (Å²) < 4.78 is 28.7. The van der Waals surface area contributed by atoms with Crippen molar-refractivity contribution in [1.82, 2.24) is 13.9 Å². The van der Waals surface area contributed by atoms with Crippen LogP contribution in [-0.4, -0.2) is 68.6 Å². The number of aliphatic hydroxyl groups excluding tert-OH is 1. The Bertz CT molecular complexity index is 374. The van der Waals surface area contributed by atoms with Crippen molar-refractivity contribution in [2.75, 3.05) is 39.8 Å². The first kappa shape index (κ1) is 14.2. The molecule has 0 radical (unpaired) electrons. The van der Waals surface area contributed by atoms with Crippen LogP contribution in [0.25, 0.3) is 0 Å². The summed E-state index contributed by atoms with van der Waals surface area (Å²) in [6.45, 7) is 2.78. The fourth-order valence-electron chi connectivity index (χ4n) is 2.71. The fraction of sp³-hybridized carbons (Fsp3) is 1.00. The molecule has 0 spiro atoms. The van der Waals surface area contributed by atoms with Crippen LogP contribution in [0.5, 0.6) is 0 Å².